The molecule has 0 unspecified atom stereocenters. The Morgan fingerprint density at radius 2 is 2.00 bits per heavy atom. The standard InChI is InChI=1S/C6H13NO.H2/c1-5(8)6(2,3)7-4;/h7H,1-4H3;1H. The number of likely N-dealkylation sites (N-methyl/N-ethyl adjacent to an activating group) is 1. The van der Waals surface area contributed by atoms with Crippen LogP contribution in [0.4, 0.5) is 0 Å². The van der Waals surface area contributed by atoms with E-state index in [-0.39, 0.29) is 12.7 Å². The Labute approximate surface area is 51.8 Å². The lowest BCUT2D eigenvalue weighted by molar-refractivity contribution is -0.121. The van der Waals surface area contributed by atoms with E-state index in [1.807, 2.05) is 13.8 Å². The van der Waals surface area contributed by atoms with Crippen LogP contribution in [-0.4, -0.2) is 18.4 Å². The molecule has 1 N–H and O–H groups in total. The molecule has 0 atom stereocenters. The average Bonchev–Trinajstić information content (AvgIpc) is 1.67. The van der Waals surface area contributed by atoms with Crippen LogP contribution >= 0.6 is 0 Å². The largest absolute Gasteiger partial charge is 0.308 e. The van der Waals surface area contributed by atoms with Gasteiger partial charge in [0.2, 0.25) is 0 Å². The van der Waals surface area contributed by atoms with E-state index in [0.29, 0.717) is 0 Å². The van der Waals surface area contributed by atoms with Gasteiger partial charge in [0.1, 0.15) is 5.78 Å². The molecule has 50 valence electrons. The molecule has 0 aliphatic rings. The second kappa shape index (κ2) is 2.27. The van der Waals surface area contributed by atoms with Crippen molar-refractivity contribution in [3.8, 4) is 0 Å². The van der Waals surface area contributed by atoms with Crippen LogP contribution in [-0.2, 0) is 4.79 Å². The topological polar surface area (TPSA) is 29.1 Å². The molecule has 0 rings (SSSR count). The van der Waals surface area contributed by atoms with Crippen molar-refractivity contribution in [2.45, 2.75) is 26.3 Å². The van der Waals surface area contributed by atoms with Gasteiger partial charge in [0.15, 0.2) is 0 Å². The Morgan fingerprint density at radius 1 is 1.62 bits per heavy atom. The second-order valence-electron chi connectivity index (χ2n) is 2.43. The van der Waals surface area contributed by atoms with Crippen LogP contribution in [0.25, 0.3) is 0 Å². The SMILES string of the molecule is CNC(C)(C)C(C)=O.[HH]. The minimum Gasteiger partial charge on any atom is -0.308 e. The van der Waals surface area contributed by atoms with Crippen LogP contribution < -0.4 is 5.32 Å². The summed E-state index contributed by atoms with van der Waals surface area (Å²) < 4.78 is 0. The number of hydrogen-bond acceptors (Lipinski definition) is 2. The smallest absolute Gasteiger partial charge is 0.149 e. The van der Waals surface area contributed by atoms with Gasteiger partial charge >= 0.3 is 0 Å². The van der Waals surface area contributed by atoms with Gasteiger partial charge in [0.05, 0.1) is 5.54 Å². The molecule has 0 spiro atoms. The van der Waals surface area contributed by atoms with E-state index in [1.54, 1.807) is 14.0 Å². The van der Waals surface area contributed by atoms with Gasteiger partial charge in [0.25, 0.3) is 0 Å². The first kappa shape index (κ1) is 7.63. The number of carbonyl (C=O) groups excluding carboxylic acids is 1. The monoisotopic (exact) mass is 117 g/mol. The first-order valence-corrected chi connectivity index (χ1v) is 2.70. The second-order valence-corrected chi connectivity index (χ2v) is 2.43. The summed E-state index contributed by atoms with van der Waals surface area (Å²) in [6, 6.07) is 0. The minimum atomic E-state index is -0.347. The van der Waals surface area contributed by atoms with Crippen LogP contribution in [0.2, 0.25) is 0 Å². The molecule has 0 bridgehead atoms. The van der Waals surface area contributed by atoms with Crippen molar-refractivity contribution >= 4 is 5.78 Å². The maximum Gasteiger partial charge on any atom is 0.149 e. The molecule has 0 aromatic carbocycles. The summed E-state index contributed by atoms with van der Waals surface area (Å²) in [5.74, 6) is 0.167. The van der Waals surface area contributed by atoms with Crippen molar-refractivity contribution in [1.29, 1.82) is 0 Å². The third kappa shape index (κ3) is 1.62. The van der Waals surface area contributed by atoms with E-state index >= 15 is 0 Å². The highest BCUT2D eigenvalue weighted by Gasteiger charge is 2.19. The fraction of sp³-hybridized carbons (Fsp3) is 0.833. The quantitative estimate of drug-likeness (QED) is 0.580. The molecule has 0 fully saturated rings. The molecular formula is C6H15NO. The number of nitrogens with one attached hydrogen (secondary N) is 1. The molecular weight excluding hydrogens is 102 g/mol. The van der Waals surface area contributed by atoms with E-state index < -0.39 is 0 Å². The van der Waals surface area contributed by atoms with Gasteiger partial charge in [-0.05, 0) is 27.8 Å². The summed E-state index contributed by atoms with van der Waals surface area (Å²) in [5, 5.41) is 2.89. The zero-order valence-electron chi connectivity index (χ0n) is 5.91. The molecule has 2 heteroatoms. The summed E-state index contributed by atoms with van der Waals surface area (Å²) >= 11 is 0. The number of ketones is 1. The summed E-state index contributed by atoms with van der Waals surface area (Å²) in [4.78, 5) is 10.6. The van der Waals surface area contributed by atoms with Gasteiger partial charge in [-0.1, -0.05) is 0 Å². The van der Waals surface area contributed by atoms with Crippen LogP contribution in [0.3, 0.4) is 0 Å². The first-order valence-electron chi connectivity index (χ1n) is 2.70. The summed E-state index contributed by atoms with van der Waals surface area (Å²) in [6.45, 7) is 5.29. The molecule has 0 saturated heterocycles. The summed E-state index contributed by atoms with van der Waals surface area (Å²) in [6.07, 6.45) is 0. The number of carbonyl (C=O) groups is 1. The fourth-order valence-electron chi connectivity index (χ4n) is 0.176. The highest BCUT2D eigenvalue weighted by molar-refractivity contribution is 5.84. The van der Waals surface area contributed by atoms with Gasteiger partial charge in [-0.15, -0.1) is 0 Å². The van der Waals surface area contributed by atoms with Crippen molar-refractivity contribution in [3.05, 3.63) is 0 Å². The van der Waals surface area contributed by atoms with Gasteiger partial charge in [-0.3, -0.25) is 4.79 Å². The molecule has 0 saturated carbocycles. The molecule has 0 aromatic heterocycles. The lowest BCUT2D eigenvalue weighted by Gasteiger charge is -2.19. The van der Waals surface area contributed by atoms with Gasteiger partial charge in [0, 0.05) is 1.43 Å². The third-order valence-electron chi connectivity index (χ3n) is 1.51. The molecule has 0 aliphatic carbocycles. The third-order valence-corrected chi connectivity index (χ3v) is 1.51. The van der Waals surface area contributed by atoms with Crippen molar-refractivity contribution < 1.29 is 6.22 Å². The number of Topliss-reactive ketones (excluding diaryl/α,β-unsaturated/α-hetero) is 1. The predicted molar refractivity (Wildman–Crippen MR) is 35.9 cm³/mol. The fourth-order valence-corrected chi connectivity index (χ4v) is 0.176. The van der Waals surface area contributed by atoms with Gasteiger partial charge in [-0.2, -0.15) is 0 Å². The number of rotatable bonds is 2. The molecule has 8 heavy (non-hydrogen) atoms. The maximum absolute atomic E-state index is 10.6. The van der Waals surface area contributed by atoms with E-state index in [1.165, 1.54) is 0 Å². The Kier molecular flexibility index (Phi) is 2.16. The van der Waals surface area contributed by atoms with E-state index in [4.69, 9.17) is 0 Å². The van der Waals surface area contributed by atoms with Gasteiger partial charge < -0.3 is 5.32 Å². The Hall–Kier alpha value is -0.370. The highest BCUT2D eigenvalue weighted by atomic mass is 16.1. The normalized spacial score (nSPS) is 11.5. The molecule has 0 aromatic rings. The molecule has 0 heterocycles. The van der Waals surface area contributed by atoms with E-state index in [0.717, 1.165) is 0 Å². The number of hydrogen-bond donors (Lipinski definition) is 1. The van der Waals surface area contributed by atoms with Crippen LogP contribution in [0.5, 0.6) is 0 Å². The van der Waals surface area contributed by atoms with E-state index in [2.05, 4.69) is 5.32 Å². The predicted octanol–water partition coefficient (Wildman–Crippen LogP) is 0.819. The highest BCUT2D eigenvalue weighted by Crippen LogP contribution is 1.99. The van der Waals surface area contributed by atoms with Crippen molar-refractivity contribution in [1.82, 2.24) is 5.32 Å². The maximum atomic E-state index is 10.6. The van der Waals surface area contributed by atoms with Gasteiger partial charge in [-0.25, -0.2) is 0 Å². The molecule has 0 radical (unpaired) electrons. The zero-order valence-corrected chi connectivity index (χ0v) is 5.91. The minimum absolute atomic E-state index is 0. The first-order chi connectivity index (χ1) is 3.50. The summed E-state index contributed by atoms with van der Waals surface area (Å²) in [7, 11) is 1.78. The van der Waals surface area contributed by atoms with E-state index in [9.17, 15) is 4.79 Å². The lowest BCUT2D eigenvalue weighted by atomic mass is 10.0. The Bertz CT molecular complexity index is 101. The Morgan fingerprint density at radius 3 is 2.00 bits per heavy atom. The van der Waals surface area contributed by atoms with Crippen LogP contribution in [0.1, 0.15) is 22.2 Å². The average molecular weight is 117 g/mol. The lowest BCUT2D eigenvalue weighted by Crippen LogP contribution is -2.42. The van der Waals surface area contributed by atoms with Crippen molar-refractivity contribution in [2.24, 2.45) is 0 Å². The molecule has 0 amide bonds. The molecule has 0 aliphatic heterocycles. The van der Waals surface area contributed by atoms with Crippen LogP contribution in [0, 0.1) is 0 Å². The zero-order chi connectivity index (χ0) is 6.78. The van der Waals surface area contributed by atoms with Crippen molar-refractivity contribution in [2.75, 3.05) is 7.05 Å². The Balaban J connectivity index is 0. The molecule has 2 nitrogen and oxygen atoms in total. The van der Waals surface area contributed by atoms with Crippen LogP contribution in [0.15, 0.2) is 0 Å². The van der Waals surface area contributed by atoms with Crippen molar-refractivity contribution in [3.63, 3.8) is 0 Å². The summed E-state index contributed by atoms with van der Waals surface area (Å²) in [5.41, 5.74) is -0.347.